The number of aromatic amines is 2. The lowest BCUT2D eigenvalue weighted by Gasteiger charge is -1.96. The summed E-state index contributed by atoms with van der Waals surface area (Å²) >= 11 is 0. The first kappa shape index (κ1) is 10.9. The minimum atomic E-state index is 0.699. The highest BCUT2D eigenvalue weighted by Crippen LogP contribution is 2.33. The van der Waals surface area contributed by atoms with Crippen LogP contribution in [0.4, 0.5) is 0 Å². The molecule has 3 nitrogen and oxygen atoms in total. The molecule has 4 rings (SSSR count). The van der Waals surface area contributed by atoms with Crippen LogP contribution < -0.4 is 0 Å². The zero-order chi connectivity index (χ0) is 13.5. The zero-order valence-corrected chi connectivity index (χ0v) is 10.6. The van der Waals surface area contributed by atoms with Crippen molar-refractivity contribution in [2.75, 3.05) is 0 Å². The van der Waals surface area contributed by atoms with Gasteiger partial charge in [0.15, 0.2) is 0 Å². The summed E-state index contributed by atoms with van der Waals surface area (Å²) in [5.74, 6) is 0. The molecule has 0 atom stereocenters. The Morgan fingerprint density at radius 3 is 2.35 bits per heavy atom. The molecule has 0 unspecified atom stereocenters. The molecule has 0 saturated heterocycles. The number of fused-ring (bicyclic) bond motifs is 2. The summed E-state index contributed by atoms with van der Waals surface area (Å²) in [4.78, 5) is 6.62. The van der Waals surface area contributed by atoms with Crippen LogP contribution >= 0.6 is 0 Å². The topological polar surface area (TPSA) is 55.4 Å². The molecule has 0 spiro atoms. The Labute approximate surface area is 115 Å². The third kappa shape index (κ3) is 1.39. The average Bonchev–Trinajstić information content (AvgIpc) is 3.07. The van der Waals surface area contributed by atoms with Gasteiger partial charge in [-0.3, -0.25) is 0 Å². The van der Waals surface area contributed by atoms with Crippen LogP contribution in [0, 0.1) is 11.3 Å². The van der Waals surface area contributed by atoms with Crippen molar-refractivity contribution in [3.8, 4) is 17.3 Å². The minimum Gasteiger partial charge on any atom is -0.360 e. The number of aromatic nitrogens is 2. The first-order valence-electron chi connectivity index (χ1n) is 6.46. The van der Waals surface area contributed by atoms with Gasteiger partial charge in [-0.1, -0.05) is 36.4 Å². The van der Waals surface area contributed by atoms with E-state index in [1.54, 1.807) is 0 Å². The Hall–Kier alpha value is -2.99. The summed E-state index contributed by atoms with van der Waals surface area (Å²) < 4.78 is 0. The van der Waals surface area contributed by atoms with Crippen LogP contribution in [0.5, 0.6) is 0 Å². The number of nitriles is 1. The van der Waals surface area contributed by atoms with Crippen LogP contribution in [0.1, 0.15) is 5.56 Å². The molecule has 0 fully saturated rings. The molecule has 0 bridgehead atoms. The Bertz CT molecular complexity index is 967. The second-order valence-electron chi connectivity index (χ2n) is 4.78. The van der Waals surface area contributed by atoms with E-state index in [-0.39, 0.29) is 0 Å². The molecule has 2 heterocycles. The lowest BCUT2D eigenvalue weighted by Crippen LogP contribution is -1.79. The fourth-order valence-corrected chi connectivity index (χ4v) is 2.74. The molecule has 0 saturated carbocycles. The molecular formula is C17H11N3. The molecule has 20 heavy (non-hydrogen) atoms. The maximum absolute atomic E-state index is 9.50. The quantitative estimate of drug-likeness (QED) is 0.528. The van der Waals surface area contributed by atoms with Crippen LogP contribution in [0.25, 0.3) is 33.1 Å². The van der Waals surface area contributed by atoms with E-state index in [4.69, 9.17) is 0 Å². The third-order valence-corrected chi connectivity index (χ3v) is 3.68. The molecule has 0 aliphatic rings. The van der Waals surface area contributed by atoms with E-state index in [0.717, 1.165) is 33.1 Å². The number of hydrogen-bond donors (Lipinski definition) is 2. The van der Waals surface area contributed by atoms with Gasteiger partial charge in [-0.05, 0) is 12.1 Å². The maximum atomic E-state index is 9.50. The molecule has 94 valence electrons. The van der Waals surface area contributed by atoms with Crippen molar-refractivity contribution >= 4 is 21.8 Å². The normalized spacial score (nSPS) is 10.9. The zero-order valence-electron chi connectivity index (χ0n) is 10.6. The molecule has 3 heteroatoms. The van der Waals surface area contributed by atoms with Gasteiger partial charge in [-0.2, -0.15) is 5.26 Å². The van der Waals surface area contributed by atoms with Crippen molar-refractivity contribution in [2.24, 2.45) is 0 Å². The number of para-hydroxylation sites is 2. The van der Waals surface area contributed by atoms with Gasteiger partial charge in [0.1, 0.15) is 6.07 Å². The number of rotatable bonds is 1. The van der Waals surface area contributed by atoms with Crippen molar-refractivity contribution < 1.29 is 0 Å². The van der Waals surface area contributed by atoms with Gasteiger partial charge in [0.25, 0.3) is 0 Å². The molecule has 0 radical (unpaired) electrons. The number of hydrogen-bond acceptors (Lipinski definition) is 1. The van der Waals surface area contributed by atoms with Crippen LogP contribution in [-0.2, 0) is 0 Å². The standard InChI is InChI=1S/C17H11N3/c18-9-13-11-5-2-4-8-16(11)20-17(13)14-10-19-15-7-3-1-6-12(14)15/h1-8,10,19-20H. The largest absolute Gasteiger partial charge is 0.360 e. The van der Waals surface area contributed by atoms with Crippen molar-refractivity contribution in [3.05, 3.63) is 60.3 Å². The van der Waals surface area contributed by atoms with Gasteiger partial charge in [0, 0.05) is 33.6 Å². The molecule has 2 aromatic heterocycles. The lowest BCUT2D eigenvalue weighted by atomic mass is 10.1. The Kier molecular flexibility index (Phi) is 2.18. The summed E-state index contributed by atoms with van der Waals surface area (Å²) in [6.07, 6.45) is 1.95. The smallest absolute Gasteiger partial charge is 0.102 e. The third-order valence-electron chi connectivity index (χ3n) is 3.68. The average molecular weight is 257 g/mol. The summed E-state index contributed by atoms with van der Waals surface area (Å²) in [5, 5.41) is 11.6. The number of nitrogens with one attached hydrogen (secondary N) is 2. The van der Waals surface area contributed by atoms with E-state index in [2.05, 4.69) is 22.1 Å². The molecule has 2 aromatic carbocycles. The Morgan fingerprint density at radius 2 is 1.55 bits per heavy atom. The molecule has 0 aliphatic heterocycles. The van der Waals surface area contributed by atoms with Crippen LogP contribution in [-0.4, -0.2) is 9.97 Å². The molecular weight excluding hydrogens is 246 g/mol. The van der Waals surface area contributed by atoms with Gasteiger partial charge in [-0.15, -0.1) is 0 Å². The Morgan fingerprint density at radius 1 is 0.850 bits per heavy atom. The molecule has 0 amide bonds. The highest BCUT2D eigenvalue weighted by Gasteiger charge is 2.15. The second kappa shape index (κ2) is 4.01. The highest BCUT2D eigenvalue weighted by atomic mass is 14.7. The van der Waals surface area contributed by atoms with Gasteiger partial charge in [-0.25, -0.2) is 0 Å². The van der Waals surface area contributed by atoms with Crippen LogP contribution in [0.15, 0.2) is 54.7 Å². The number of H-pyrrole nitrogens is 2. The van der Waals surface area contributed by atoms with E-state index < -0.39 is 0 Å². The van der Waals surface area contributed by atoms with Crippen molar-refractivity contribution in [3.63, 3.8) is 0 Å². The van der Waals surface area contributed by atoms with Crippen LogP contribution in [0.3, 0.4) is 0 Å². The highest BCUT2D eigenvalue weighted by molar-refractivity contribution is 6.01. The summed E-state index contributed by atoms with van der Waals surface area (Å²) in [6.45, 7) is 0. The van der Waals surface area contributed by atoms with E-state index in [9.17, 15) is 5.26 Å². The first-order chi connectivity index (χ1) is 9.88. The van der Waals surface area contributed by atoms with E-state index >= 15 is 0 Å². The van der Waals surface area contributed by atoms with Crippen molar-refractivity contribution in [1.82, 2.24) is 9.97 Å². The molecule has 4 aromatic rings. The van der Waals surface area contributed by atoms with E-state index in [0.29, 0.717) is 5.56 Å². The fourth-order valence-electron chi connectivity index (χ4n) is 2.74. The molecule has 2 N–H and O–H groups in total. The number of nitrogens with zero attached hydrogens (tertiary/aromatic N) is 1. The maximum Gasteiger partial charge on any atom is 0.102 e. The predicted octanol–water partition coefficient (Wildman–Crippen LogP) is 4.19. The lowest BCUT2D eigenvalue weighted by molar-refractivity contribution is 1.42. The predicted molar refractivity (Wildman–Crippen MR) is 80.3 cm³/mol. The van der Waals surface area contributed by atoms with Gasteiger partial charge >= 0.3 is 0 Å². The van der Waals surface area contributed by atoms with E-state index in [1.165, 1.54) is 0 Å². The SMILES string of the molecule is N#Cc1c(-c2c[nH]c3ccccc23)[nH]c2ccccc12. The summed E-state index contributed by atoms with van der Waals surface area (Å²) in [6, 6.07) is 18.3. The van der Waals surface area contributed by atoms with Crippen molar-refractivity contribution in [1.29, 1.82) is 5.26 Å². The monoisotopic (exact) mass is 257 g/mol. The van der Waals surface area contributed by atoms with Gasteiger partial charge in [0.2, 0.25) is 0 Å². The molecule has 0 aliphatic carbocycles. The second-order valence-corrected chi connectivity index (χ2v) is 4.78. The van der Waals surface area contributed by atoms with Gasteiger partial charge in [0.05, 0.1) is 11.3 Å². The first-order valence-corrected chi connectivity index (χ1v) is 6.46. The summed E-state index contributed by atoms with van der Waals surface area (Å²) in [7, 11) is 0. The fraction of sp³-hybridized carbons (Fsp3) is 0. The van der Waals surface area contributed by atoms with Crippen molar-refractivity contribution in [2.45, 2.75) is 0 Å². The minimum absolute atomic E-state index is 0.699. The van der Waals surface area contributed by atoms with E-state index in [1.807, 2.05) is 48.7 Å². The number of benzene rings is 2. The van der Waals surface area contributed by atoms with Crippen LogP contribution in [0.2, 0.25) is 0 Å². The Balaban J connectivity index is 2.10. The summed E-state index contributed by atoms with van der Waals surface area (Å²) in [5.41, 5.74) is 4.68. The van der Waals surface area contributed by atoms with Gasteiger partial charge < -0.3 is 9.97 Å².